The highest BCUT2D eigenvalue weighted by molar-refractivity contribution is 9.10. The third kappa shape index (κ3) is 3.00. The van der Waals surface area contributed by atoms with Crippen LogP contribution in [-0.2, 0) is 10.0 Å². The lowest BCUT2D eigenvalue weighted by atomic mass is 10.0. The monoisotopic (exact) mass is 432 g/mol. The van der Waals surface area contributed by atoms with Crippen LogP contribution in [0.15, 0.2) is 52.0 Å². The number of nitriles is 1. The highest BCUT2D eigenvalue weighted by Gasteiger charge is 2.44. The molecule has 1 aromatic heterocycles. The molecule has 2 aliphatic heterocycles. The molecule has 3 heterocycles. The van der Waals surface area contributed by atoms with Crippen LogP contribution < -0.4 is 4.90 Å². The number of sulfonamides is 1. The number of halogens is 1. The predicted octanol–water partition coefficient (Wildman–Crippen LogP) is 2.47. The Hall–Kier alpha value is -1.95. The van der Waals surface area contributed by atoms with Gasteiger partial charge in [0.05, 0.1) is 10.5 Å². The number of nitrogens with zero attached hydrogens (tertiary/aromatic N) is 4. The second-order valence-corrected chi connectivity index (χ2v) is 9.46. The topological polar surface area (TPSA) is 77.3 Å². The van der Waals surface area contributed by atoms with Crippen molar-refractivity contribution in [1.82, 2.24) is 9.29 Å². The minimum atomic E-state index is -3.49. The van der Waals surface area contributed by atoms with Gasteiger partial charge in [0.1, 0.15) is 11.9 Å². The molecule has 0 N–H and O–H groups in total. The second-order valence-electron chi connectivity index (χ2n) is 6.69. The zero-order valence-corrected chi connectivity index (χ0v) is 16.3. The van der Waals surface area contributed by atoms with E-state index in [4.69, 9.17) is 5.26 Å². The number of hydrogen-bond donors (Lipinski definition) is 0. The summed E-state index contributed by atoms with van der Waals surface area (Å²) in [4.78, 5) is 6.86. The highest BCUT2D eigenvalue weighted by atomic mass is 79.9. The van der Waals surface area contributed by atoms with Crippen molar-refractivity contribution in [3.63, 3.8) is 0 Å². The number of aromatic nitrogens is 1. The van der Waals surface area contributed by atoms with Crippen LogP contribution in [0.3, 0.4) is 0 Å². The first-order valence-corrected chi connectivity index (χ1v) is 10.6. The first-order valence-electron chi connectivity index (χ1n) is 8.35. The van der Waals surface area contributed by atoms with Gasteiger partial charge in [-0.15, -0.1) is 0 Å². The summed E-state index contributed by atoms with van der Waals surface area (Å²) in [5, 5.41) is 8.87. The van der Waals surface area contributed by atoms with Crippen LogP contribution >= 0.6 is 15.9 Å². The first kappa shape index (κ1) is 17.5. The average molecular weight is 433 g/mol. The van der Waals surface area contributed by atoms with E-state index in [-0.39, 0.29) is 0 Å². The van der Waals surface area contributed by atoms with Crippen LogP contribution in [0.4, 0.5) is 5.82 Å². The molecule has 2 unspecified atom stereocenters. The largest absolute Gasteiger partial charge is 0.356 e. The Morgan fingerprint density at radius 3 is 2.35 bits per heavy atom. The van der Waals surface area contributed by atoms with E-state index in [9.17, 15) is 8.42 Å². The average Bonchev–Trinajstić information content (AvgIpc) is 3.21. The minimum Gasteiger partial charge on any atom is -0.356 e. The Bertz CT molecular complexity index is 957. The van der Waals surface area contributed by atoms with E-state index >= 15 is 0 Å². The zero-order valence-electron chi connectivity index (χ0n) is 13.9. The van der Waals surface area contributed by atoms with E-state index < -0.39 is 10.0 Å². The lowest BCUT2D eigenvalue weighted by Gasteiger charge is -2.22. The normalized spacial score (nSPS) is 23.0. The molecule has 1 aromatic carbocycles. The molecule has 0 radical (unpaired) electrons. The molecule has 2 saturated heterocycles. The number of benzene rings is 1. The fourth-order valence-electron chi connectivity index (χ4n) is 3.77. The predicted molar refractivity (Wildman–Crippen MR) is 101 cm³/mol. The van der Waals surface area contributed by atoms with Crippen molar-refractivity contribution in [3.8, 4) is 6.07 Å². The molecule has 4 rings (SSSR count). The van der Waals surface area contributed by atoms with Gasteiger partial charge in [-0.25, -0.2) is 13.4 Å². The highest BCUT2D eigenvalue weighted by Crippen LogP contribution is 2.36. The van der Waals surface area contributed by atoms with Crippen molar-refractivity contribution in [2.45, 2.75) is 4.90 Å². The minimum absolute atomic E-state index is 0.296. The number of fused-ring (bicyclic) bond motifs is 1. The number of anilines is 1. The van der Waals surface area contributed by atoms with Crippen molar-refractivity contribution in [3.05, 3.63) is 52.6 Å². The zero-order chi connectivity index (χ0) is 18.3. The van der Waals surface area contributed by atoms with Gasteiger partial charge < -0.3 is 4.90 Å². The van der Waals surface area contributed by atoms with Gasteiger partial charge in [-0.05, 0) is 52.0 Å². The maximum Gasteiger partial charge on any atom is 0.244 e. The van der Waals surface area contributed by atoms with Gasteiger partial charge in [0.2, 0.25) is 10.0 Å². The summed E-state index contributed by atoms with van der Waals surface area (Å²) < 4.78 is 28.1. The maximum atomic E-state index is 12.9. The molecule has 8 heteroatoms. The number of pyridine rings is 1. The van der Waals surface area contributed by atoms with E-state index in [1.165, 1.54) is 0 Å². The molecule has 6 nitrogen and oxygen atoms in total. The van der Waals surface area contributed by atoms with E-state index in [0.29, 0.717) is 39.9 Å². The van der Waals surface area contributed by atoms with Gasteiger partial charge >= 0.3 is 0 Å². The molecule has 134 valence electrons. The standard InChI is InChI=1S/C18H17BrN4O2S/c19-16-3-1-2-4-17(16)26(24,25)23-11-14-9-22(10-15(14)12-23)18-6-5-13(7-20)8-21-18/h1-6,8,14-15H,9-12H2. The second kappa shape index (κ2) is 6.65. The summed E-state index contributed by atoms with van der Waals surface area (Å²) in [6.45, 7) is 2.62. The molecule has 2 aliphatic rings. The van der Waals surface area contributed by atoms with Gasteiger partial charge in [0.25, 0.3) is 0 Å². The molecule has 2 atom stereocenters. The summed E-state index contributed by atoms with van der Waals surface area (Å²) in [6.07, 6.45) is 1.58. The van der Waals surface area contributed by atoms with Crippen molar-refractivity contribution in [2.75, 3.05) is 31.1 Å². The van der Waals surface area contributed by atoms with Crippen LogP contribution in [0.2, 0.25) is 0 Å². The van der Waals surface area contributed by atoms with Crippen LogP contribution in [0.1, 0.15) is 5.56 Å². The summed E-state index contributed by atoms with van der Waals surface area (Å²) in [5.74, 6) is 1.44. The fraction of sp³-hybridized carbons (Fsp3) is 0.333. The molecular formula is C18H17BrN4O2S. The Kier molecular flexibility index (Phi) is 4.47. The summed E-state index contributed by atoms with van der Waals surface area (Å²) >= 11 is 3.35. The quantitative estimate of drug-likeness (QED) is 0.744. The maximum absolute atomic E-state index is 12.9. The lowest BCUT2D eigenvalue weighted by Crippen LogP contribution is -2.33. The first-order chi connectivity index (χ1) is 12.5. The Morgan fingerprint density at radius 2 is 1.77 bits per heavy atom. The molecule has 0 bridgehead atoms. The van der Waals surface area contributed by atoms with Crippen molar-refractivity contribution in [2.24, 2.45) is 11.8 Å². The molecular weight excluding hydrogens is 416 g/mol. The van der Waals surface area contributed by atoms with Crippen LogP contribution in [0, 0.1) is 23.2 Å². The van der Waals surface area contributed by atoms with E-state index in [2.05, 4.69) is 31.9 Å². The van der Waals surface area contributed by atoms with E-state index in [0.717, 1.165) is 18.9 Å². The van der Waals surface area contributed by atoms with Gasteiger partial charge in [0, 0.05) is 36.8 Å². The molecule has 0 aliphatic carbocycles. The molecule has 0 amide bonds. The molecule has 2 fully saturated rings. The van der Waals surface area contributed by atoms with E-state index in [1.54, 1.807) is 34.8 Å². The third-order valence-corrected chi connectivity index (χ3v) is 7.95. The SMILES string of the molecule is N#Cc1ccc(N2CC3CN(S(=O)(=O)c4ccccc4Br)CC3C2)nc1. The van der Waals surface area contributed by atoms with Crippen LogP contribution in [-0.4, -0.2) is 43.9 Å². The lowest BCUT2D eigenvalue weighted by molar-refractivity contribution is 0.452. The summed E-state index contributed by atoms with van der Waals surface area (Å²) in [6, 6.07) is 12.6. The number of rotatable bonds is 3. The van der Waals surface area contributed by atoms with Gasteiger partial charge in [-0.1, -0.05) is 12.1 Å². The van der Waals surface area contributed by atoms with Gasteiger partial charge in [0.15, 0.2) is 0 Å². The summed E-state index contributed by atoms with van der Waals surface area (Å²) in [5.41, 5.74) is 0.541. The van der Waals surface area contributed by atoms with Crippen molar-refractivity contribution in [1.29, 1.82) is 5.26 Å². The summed E-state index contributed by atoms with van der Waals surface area (Å²) in [7, 11) is -3.49. The van der Waals surface area contributed by atoms with Crippen molar-refractivity contribution < 1.29 is 8.42 Å². The fourth-order valence-corrected chi connectivity index (χ4v) is 6.28. The van der Waals surface area contributed by atoms with E-state index in [1.807, 2.05) is 12.1 Å². The molecule has 0 saturated carbocycles. The van der Waals surface area contributed by atoms with Gasteiger partial charge in [-0.2, -0.15) is 9.57 Å². The third-order valence-electron chi connectivity index (χ3n) is 5.11. The molecule has 0 spiro atoms. The number of hydrogen-bond acceptors (Lipinski definition) is 5. The van der Waals surface area contributed by atoms with Gasteiger partial charge in [-0.3, -0.25) is 0 Å². The Morgan fingerprint density at radius 1 is 1.08 bits per heavy atom. The Labute approximate surface area is 161 Å². The van der Waals surface area contributed by atoms with Crippen LogP contribution in [0.5, 0.6) is 0 Å². The Balaban J connectivity index is 1.48. The van der Waals surface area contributed by atoms with Crippen LogP contribution in [0.25, 0.3) is 0 Å². The molecule has 2 aromatic rings. The molecule has 26 heavy (non-hydrogen) atoms. The van der Waals surface area contributed by atoms with Crippen molar-refractivity contribution >= 4 is 31.8 Å². The smallest absolute Gasteiger partial charge is 0.244 e.